The molecule has 0 unspecified atom stereocenters. The number of carboxylic acid groups (broad SMARTS) is 1. The second-order valence-corrected chi connectivity index (χ2v) is 4.45. The SMILES string of the molecule is O=C(O)CN(C(=O)NCc1nn[nH]n1)C1CCCC1. The lowest BCUT2D eigenvalue weighted by Crippen LogP contribution is -2.47. The van der Waals surface area contributed by atoms with Gasteiger partial charge in [0.05, 0.1) is 6.54 Å². The Kier molecular flexibility index (Phi) is 4.26. The summed E-state index contributed by atoms with van der Waals surface area (Å²) in [4.78, 5) is 24.2. The molecule has 9 nitrogen and oxygen atoms in total. The monoisotopic (exact) mass is 268 g/mol. The van der Waals surface area contributed by atoms with Crippen LogP contribution in [-0.4, -0.2) is 55.2 Å². The van der Waals surface area contributed by atoms with Crippen molar-refractivity contribution < 1.29 is 14.7 Å². The van der Waals surface area contributed by atoms with Crippen molar-refractivity contribution in [3.05, 3.63) is 5.82 Å². The fraction of sp³-hybridized carbons (Fsp3) is 0.700. The van der Waals surface area contributed by atoms with Gasteiger partial charge in [-0.05, 0) is 12.8 Å². The topological polar surface area (TPSA) is 124 Å². The van der Waals surface area contributed by atoms with Gasteiger partial charge >= 0.3 is 12.0 Å². The highest BCUT2D eigenvalue weighted by Gasteiger charge is 2.28. The summed E-state index contributed by atoms with van der Waals surface area (Å²) in [6.45, 7) is -0.166. The van der Waals surface area contributed by atoms with E-state index < -0.39 is 12.0 Å². The van der Waals surface area contributed by atoms with Crippen LogP contribution in [0.25, 0.3) is 0 Å². The molecule has 0 spiro atoms. The Balaban J connectivity index is 1.92. The summed E-state index contributed by atoms with van der Waals surface area (Å²) in [5, 5.41) is 24.6. The number of carbonyl (C=O) groups excluding carboxylic acids is 1. The molecule has 0 atom stereocenters. The maximum atomic E-state index is 12.0. The standard InChI is InChI=1S/C10H16N6O3/c17-9(18)6-16(7-3-1-2-4-7)10(19)11-5-8-12-14-15-13-8/h7H,1-6H2,(H,11,19)(H,17,18)(H,12,13,14,15). The number of nitrogens with zero attached hydrogens (tertiary/aromatic N) is 4. The number of aliphatic carboxylic acids is 1. The summed E-state index contributed by atoms with van der Waals surface area (Å²) >= 11 is 0. The van der Waals surface area contributed by atoms with E-state index in [-0.39, 0.29) is 19.1 Å². The third-order valence-corrected chi connectivity index (χ3v) is 3.12. The third kappa shape index (κ3) is 3.63. The fourth-order valence-corrected chi connectivity index (χ4v) is 2.24. The molecule has 2 amide bonds. The summed E-state index contributed by atoms with van der Waals surface area (Å²) in [5.74, 6) is -0.656. The predicted molar refractivity (Wildman–Crippen MR) is 63.0 cm³/mol. The molecule has 2 rings (SSSR count). The number of urea groups is 1. The number of aromatic nitrogens is 4. The Morgan fingerprint density at radius 3 is 2.74 bits per heavy atom. The van der Waals surface area contributed by atoms with Crippen LogP contribution in [0.15, 0.2) is 0 Å². The Morgan fingerprint density at radius 1 is 1.42 bits per heavy atom. The Bertz CT molecular complexity index is 428. The van der Waals surface area contributed by atoms with Crippen molar-refractivity contribution in [1.29, 1.82) is 0 Å². The van der Waals surface area contributed by atoms with Crippen LogP contribution < -0.4 is 5.32 Å². The van der Waals surface area contributed by atoms with Crippen LogP contribution in [0.4, 0.5) is 4.79 Å². The number of aromatic amines is 1. The summed E-state index contributed by atoms with van der Waals surface area (Å²) in [7, 11) is 0. The van der Waals surface area contributed by atoms with Gasteiger partial charge in [0, 0.05) is 6.04 Å². The first kappa shape index (κ1) is 13.2. The van der Waals surface area contributed by atoms with Gasteiger partial charge in [0.1, 0.15) is 6.54 Å². The van der Waals surface area contributed by atoms with Gasteiger partial charge in [-0.1, -0.05) is 18.1 Å². The van der Waals surface area contributed by atoms with Gasteiger partial charge < -0.3 is 15.3 Å². The number of carboxylic acids is 1. The van der Waals surface area contributed by atoms with E-state index in [1.807, 2.05) is 0 Å². The number of nitrogens with one attached hydrogen (secondary N) is 2. The zero-order valence-corrected chi connectivity index (χ0v) is 10.4. The van der Waals surface area contributed by atoms with Crippen LogP contribution in [0.3, 0.4) is 0 Å². The molecule has 0 radical (unpaired) electrons. The molecule has 1 aliphatic rings. The van der Waals surface area contributed by atoms with E-state index in [4.69, 9.17) is 5.11 Å². The van der Waals surface area contributed by atoms with Crippen LogP contribution in [0.2, 0.25) is 0 Å². The number of rotatable bonds is 5. The largest absolute Gasteiger partial charge is 0.480 e. The van der Waals surface area contributed by atoms with Crippen LogP contribution in [-0.2, 0) is 11.3 Å². The quantitative estimate of drug-likeness (QED) is 0.675. The van der Waals surface area contributed by atoms with Gasteiger partial charge in [-0.15, -0.1) is 10.2 Å². The van der Waals surface area contributed by atoms with E-state index >= 15 is 0 Å². The number of tetrazole rings is 1. The number of hydrogen-bond acceptors (Lipinski definition) is 5. The Morgan fingerprint density at radius 2 is 2.16 bits per heavy atom. The van der Waals surface area contributed by atoms with Gasteiger partial charge in [-0.25, -0.2) is 4.79 Å². The summed E-state index contributed by atoms with van der Waals surface area (Å²) in [6, 6.07) is -0.402. The van der Waals surface area contributed by atoms with Crippen LogP contribution in [0.5, 0.6) is 0 Å². The lowest BCUT2D eigenvalue weighted by molar-refractivity contribution is -0.138. The zero-order chi connectivity index (χ0) is 13.7. The molecular weight excluding hydrogens is 252 g/mol. The second kappa shape index (κ2) is 6.12. The number of amides is 2. The minimum Gasteiger partial charge on any atom is -0.480 e. The lowest BCUT2D eigenvalue weighted by Gasteiger charge is -2.27. The van der Waals surface area contributed by atoms with E-state index in [1.54, 1.807) is 0 Å². The summed E-state index contributed by atoms with van der Waals surface area (Å²) in [5.41, 5.74) is 0. The molecule has 0 bridgehead atoms. The van der Waals surface area contributed by atoms with Crippen molar-refractivity contribution in [2.75, 3.05) is 6.54 Å². The number of hydrogen-bond donors (Lipinski definition) is 3. The van der Waals surface area contributed by atoms with Gasteiger partial charge in [0.2, 0.25) is 0 Å². The first-order valence-corrected chi connectivity index (χ1v) is 6.15. The molecular formula is C10H16N6O3. The molecule has 0 aromatic carbocycles. The van der Waals surface area contributed by atoms with E-state index in [9.17, 15) is 9.59 Å². The van der Waals surface area contributed by atoms with Gasteiger partial charge in [-0.3, -0.25) is 4.79 Å². The van der Waals surface area contributed by atoms with E-state index in [1.165, 1.54) is 4.90 Å². The highest BCUT2D eigenvalue weighted by atomic mass is 16.4. The van der Waals surface area contributed by atoms with Crippen molar-refractivity contribution >= 4 is 12.0 Å². The number of H-pyrrole nitrogens is 1. The average molecular weight is 268 g/mol. The van der Waals surface area contributed by atoms with Crippen molar-refractivity contribution in [2.24, 2.45) is 0 Å². The molecule has 104 valence electrons. The maximum absolute atomic E-state index is 12.0. The number of carbonyl (C=O) groups is 2. The molecule has 1 saturated carbocycles. The molecule has 9 heteroatoms. The summed E-state index contributed by atoms with van der Waals surface area (Å²) < 4.78 is 0. The van der Waals surface area contributed by atoms with Gasteiger partial charge in [0.15, 0.2) is 5.82 Å². The minimum absolute atomic E-state index is 0.00127. The predicted octanol–water partition coefficient (Wildman–Crippen LogP) is -0.262. The van der Waals surface area contributed by atoms with Crippen LogP contribution >= 0.6 is 0 Å². The van der Waals surface area contributed by atoms with Crippen LogP contribution in [0, 0.1) is 0 Å². The Labute approximate surface area is 109 Å². The molecule has 3 N–H and O–H groups in total. The fourth-order valence-electron chi connectivity index (χ4n) is 2.24. The van der Waals surface area contributed by atoms with Crippen molar-refractivity contribution in [2.45, 2.75) is 38.3 Å². The van der Waals surface area contributed by atoms with E-state index in [0.29, 0.717) is 5.82 Å². The highest BCUT2D eigenvalue weighted by molar-refractivity contribution is 5.80. The molecule has 1 aliphatic carbocycles. The van der Waals surface area contributed by atoms with Crippen LogP contribution in [0.1, 0.15) is 31.5 Å². The molecule has 1 fully saturated rings. The highest BCUT2D eigenvalue weighted by Crippen LogP contribution is 2.23. The lowest BCUT2D eigenvalue weighted by atomic mass is 10.2. The minimum atomic E-state index is -1.01. The summed E-state index contributed by atoms with van der Waals surface area (Å²) in [6.07, 6.45) is 3.75. The second-order valence-electron chi connectivity index (χ2n) is 4.45. The normalized spacial score (nSPS) is 15.4. The van der Waals surface area contributed by atoms with Crippen molar-refractivity contribution in [3.8, 4) is 0 Å². The van der Waals surface area contributed by atoms with Crippen molar-refractivity contribution in [3.63, 3.8) is 0 Å². The van der Waals surface area contributed by atoms with Crippen molar-refractivity contribution in [1.82, 2.24) is 30.8 Å². The molecule has 1 heterocycles. The molecule has 0 aliphatic heterocycles. The third-order valence-electron chi connectivity index (χ3n) is 3.12. The van der Waals surface area contributed by atoms with Gasteiger partial charge in [0.25, 0.3) is 0 Å². The van der Waals surface area contributed by atoms with E-state index in [2.05, 4.69) is 25.9 Å². The first-order chi connectivity index (χ1) is 9.16. The smallest absolute Gasteiger partial charge is 0.323 e. The molecule has 1 aromatic heterocycles. The van der Waals surface area contributed by atoms with E-state index in [0.717, 1.165) is 25.7 Å². The van der Waals surface area contributed by atoms with Gasteiger partial charge in [-0.2, -0.15) is 5.21 Å². The molecule has 19 heavy (non-hydrogen) atoms. The maximum Gasteiger partial charge on any atom is 0.323 e. The average Bonchev–Trinajstić information content (AvgIpc) is 3.05. The Hall–Kier alpha value is -2.19. The zero-order valence-electron chi connectivity index (χ0n) is 10.4. The molecule has 0 saturated heterocycles. The molecule has 1 aromatic rings. The first-order valence-electron chi connectivity index (χ1n) is 6.15.